The molecule has 4 nitrogen and oxygen atoms in total. The normalized spacial score (nSPS) is 17.5. The molecule has 1 saturated heterocycles. The van der Waals surface area contributed by atoms with E-state index in [-0.39, 0.29) is 0 Å². The maximum absolute atomic E-state index is 6.01. The number of likely N-dealkylation sites (tertiary alicyclic amines) is 1. The minimum atomic E-state index is 0.571. The molecule has 28 heavy (non-hydrogen) atoms. The first kappa shape index (κ1) is 19.5. The highest BCUT2D eigenvalue weighted by Gasteiger charge is 2.19. The summed E-state index contributed by atoms with van der Waals surface area (Å²) < 4.78 is 17.4. The van der Waals surface area contributed by atoms with Crippen LogP contribution in [0.15, 0.2) is 42.5 Å². The predicted octanol–water partition coefficient (Wildman–Crippen LogP) is 3.68. The SMILES string of the molecule is Pc1ccc(OCCC(Cc2ccc3c(c2)OCCO3)CN2CCCC2)cc1. The molecule has 0 aliphatic carbocycles. The van der Waals surface area contributed by atoms with Gasteiger partial charge in [0.25, 0.3) is 0 Å². The summed E-state index contributed by atoms with van der Waals surface area (Å²) in [6.07, 6.45) is 4.75. The van der Waals surface area contributed by atoms with E-state index < -0.39 is 0 Å². The third kappa shape index (κ3) is 5.40. The van der Waals surface area contributed by atoms with Crippen molar-refractivity contribution < 1.29 is 14.2 Å². The van der Waals surface area contributed by atoms with Gasteiger partial charge in [0.15, 0.2) is 11.5 Å². The molecule has 0 bridgehead atoms. The minimum absolute atomic E-state index is 0.571. The molecule has 0 amide bonds. The Balaban J connectivity index is 1.37. The Morgan fingerprint density at radius 2 is 1.71 bits per heavy atom. The first-order valence-electron chi connectivity index (χ1n) is 10.4. The van der Waals surface area contributed by atoms with Crippen LogP contribution >= 0.6 is 9.24 Å². The van der Waals surface area contributed by atoms with E-state index in [0.29, 0.717) is 19.1 Å². The summed E-state index contributed by atoms with van der Waals surface area (Å²) >= 11 is 0. The maximum Gasteiger partial charge on any atom is 0.161 e. The summed E-state index contributed by atoms with van der Waals surface area (Å²) in [5, 5.41) is 1.18. The van der Waals surface area contributed by atoms with Crippen molar-refractivity contribution in [3.63, 3.8) is 0 Å². The summed E-state index contributed by atoms with van der Waals surface area (Å²) in [6, 6.07) is 14.6. The molecular formula is C23H30NO3P. The maximum atomic E-state index is 6.01. The van der Waals surface area contributed by atoms with Crippen LogP contribution in [-0.2, 0) is 6.42 Å². The molecule has 0 N–H and O–H groups in total. The summed E-state index contributed by atoms with van der Waals surface area (Å²) in [4.78, 5) is 2.60. The Morgan fingerprint density at radius 1 is 0.964 bits per heavy atom. The van der Waals surface area contributed by atoms with Gasteiger partial charge in [0, 0.05) is 6.54 Å². The predicted molar refractivity (Wildman–Crippen MR) is 116 cm³/mol. The fourth-order valence-electron chi connectivity index (χ4n) is 4.04. The molecular weight excluding hydrogens is 369 g/mol. The highest BCUT2D eigenvalue weighted by molar-refractivity contribution is 7.27. The van der Waals surface area contributed by atoms with Crippen molar-refractivity contribution in [1.82, 2.24) is 4.90 Å². The Morgan fingerprint density at radius 3 is 2.50 bits per heavy atom. The molecule has 0 radical (unpaired) electrons. The van der Waals surface area contributed by atoms with Crippen molar-refractivity contribution in [3.8, 4) is 17.2 Å². The van der Waals surface area contributed by atoms with Crippen LogP contribution in [0.3, 0.4) is 0 Å². The van der Waals surface area contributed by atoms with Gasteiger partial charge < -0.3 is 19.1 Å². The highest BCUT2D eigenvalue weighted by atomic mass is 31.0. The van der Waals surface area contributed by atoms with E-state index >= 15 is 0 Å². The molecule has 2 aromatic carbocycles. The van der Waals surface area contributed by atoms with E-state index in [0.717, 1.165) is 43.2 Å². The van der Waals surface area contributed by atoms with Crippen molar-refractivity contribution in [1.29, 1.82) is 0 Å². The lowest BCUT2D eigenvalue weighted by Crippen LogP contribution is -2.29. The fraction of sp³-hybridized carbons (Fsp3) is 0.478. The number of ether oxygens (including phenoxy) is 3. The van der Waals surface area contributed by atoms with E-state index in [4.69, 9.17) is 14.2 Å². The summed E-state index contributed by atoms with van der Waals surface area (Å²) in [5.41, 5.74) is 1.32. The van der Waals surface area contributed by atoms with Crippen molar-refractivity contribution in [2.24, 2.45) is 5.92 Å². The Bertz CT molecular complexity index is 759. The zero-order valence-electron chi connectivity index (χ0n) is 16.4. The molecule has 0 saturated carbocycles. The highest BCUT2D eigenvalue weighted by Crippen LogP contribution is 2.32. The third-order valence-corrected chi connectivity index (χ3v) is 5.91. The van der Waals surface area contributed by atoms with Crippen LogP contribution in [-0.4, -0.2) is 44.4 Å². The van der Waals surface area contributed by atoms with Crippen LogP contribution in [0.4, 0.5) is 0 Å². The number of hydrogen-bond acceptors (Lipinski definition) is 4. The Labute approximate surface area is 170 Å². The van der Waals surface area contributed by atoms with Crippen molar-refractivity contribution in [3.05, 3.63) is 48.0 Å². The van der Waals surface area contributed by atoms with Crippen LogP contribution in [0, 0.1) is 5.92 Å². The first-order valence-corrected chi connectivity index (χ1v) is 10.9. The van der Waals surface area contributed by atoms with Gasteiger partial charge in [-0.2, -0.15) is 0 Å². The summed E-state index contributed by atoms with van der Waals surface area (Å²) in [7, 11) is 2.71. The lowest BCUT2D eigenvalue weighted by atomic mass is 9.95. The second-order valence-corrected chi connectivity index (χ2v) is 8.43. The largest absolute Gasteiger partial charge is 0.494 e. The molecule has 4 rings (SSSR count). The van der Waals surface area contributed by atoms with E-state index in [1.54, 1.807) is 0 Å². The van der Waals surface area contributed by atoms with Crippen LogP contribution in [0.25, 0.3) is 0 Å². The number of benzene rings is 2. The molecule has 1 fully saturated rings. The second kappa shape index (κ2) is 9.62. The molecule has 2 aromatic rings. The summed E-state index contributed by atoms with van der Waals surface area (Å²) in [5.74, 6) is 3.27. The average Bonchev–Trinajstić information content (AvgIpc) is 3.22. The van der Waals surface area contributed by atoms with E-state index in [2.05, 4.69) is 44.5 Å². The van der Waals surface area contributed by atoms with Gasteiger partial charge in [-0.1, -0.05) is 18.2 Å². The van der Waals surface area contributed by atoms with E-state index in [1.807, 2.05) is 12.1 Å². The Hall–Kier alpha value is -1.77. The molecule has 2 unspecified atom stereocenters. The number of fused-ring (bicyclic) bond motifs is 1. The van der Waals surface area contributed by atoms with Gasteiger partial charge >= 0.3 is 0 Å². The molecule has 2 aliphatic rings. The zero-order valence-corrected chi connectivity index (χ0v) is 17.6. The molecule has 2 aliphatic heterocycles. The molecule has 0 aromatic heterocycles. The average molecular weight is 399 g/mol. The van der Waals surface area contributed by atoms with Crippen LogP contribution < -0.4 is 19.5 Å². The topological polar surface area (TPSA) is 30.9 Å². The standard InChI is InChI=1S/C23H30NO3P/c28-21-6-4-20(5-7-21)25-12-9-19(17-24-10-1-2-11-24)15-18-3-8-22-23(16-18)27-14-13-26-22/h3-8,16,19H,1-2,9-15,17,28H2. The van der Waals surface area contributed by atoms with Gasteiger partial charge in [-0.05, 0) is 79.8 Å². The van der Waals surface area contributed by atoms with Crippen molar-refractivity contribution in [2.75, 3.05) is 39.5 Å². The first-order chi connectivity index (χ1) is 13.8. The zero-order chi connectivity index (χ0) is 19.2. The smallest absolute Gasteiger partial charge is 0.161 e. The van der Waals surface area contributed by atoms with Gasteiger partial charge in [0.2, 0.25) is 0 Å². The second-order valence-electron chi connectivity index (χ2n) is 7.76. The third-order valence-electron chi connectivity index (χ3n) is 5.52. The van der Waals surface area contributed by atoms with Crippen LogP contribution in [0.1, 0.15) is 24.8 Å². The quantitative estimate of drug-likeness (QED) is 0.634. The summed E-state index contributed by atoms with van der Waals surface area (Å²) in [6.45, 7) is 5.62. The lowest BCUT2D eigenvalue weighted by molar-refractivity contribution is 0.171. The van der Waals surface area contributed by atoms with E-state index in [1.165, 1.54) is 36.8 Å². The number of nitrogens with zero attached hydrogens (tertiary/aromatic N) is 1. The monoisotopic (exact) mass is 399 g/mol. The lowest BCUT2D eigenvalue weighted by Gasteiger charge is -2.25. The van der Waals surface area contributed by atoms with E-state index in [9.17, 15) is 0 Å². The van der Waals surface area contributed by atoms with Crippen molar-refractivity contribution >= 4 is 14.5 Å². The van der Waals surface area contributed by atoms with Gasteiger partial charge in [-0.15, -0.1) is 9.24 Å². The molecule has 2 heterocycles. The van der Waals surface area contributed by atoms with Gasteiger partial charge in [-0.25, -0.2) is 0 Å². The molecule has 0 spiro atoms. The van der Waals surface area contributed by atoms with Gasteiger partial charge in [0.1, 0.15) is 19.0 Å². The minimum Gasteiger partial charge on any atom is -0.494 e. The Kier molecular flexibility index (Phi) is 6.72. The van der Waals surface area contributed by atoms with Crippen LogP contribution in [0.5, 0.6) is 17.2 Å². The fourth-order valence-corrected chi connectivity index (χ4v) is 4.24. The van der Waals surface area contributed by atoms with Gasteiger partial charge in [0.05, 0.1) is 6.61 Å². The number of hydrogen-bond donors (Lipinski definition) is 0. The van der Waals surface area contributed by atoms with Crippen molar-refractivity contribution in [2.45, 2.75) is 25.7 Å². The van der Waals surface area contributed by atoms with Gasteiger partial charge in [-0.3, -0.25) is 0 Å². The molecule has 5 heteroatoms. The molecule has 150 valence electrons. The number of rotatable bonds is 8. The molecule has 2 atom stereocenters. The van der Waals surface area contributed by atoms with Crippen LogP contribution in [0.2, 0.25) is 0 Å².